The highest BCUT2D eigenvalue weighted by atomic mass is 35.5. The fourth-order valence-corrected chi connectivity index (χ4v) is 5.16. The van der Waals surface area contributed by atoms with Crippen LogP contribution in [0.25, 0.3) is 0 Å². The minimum atomic E-state index is -1.28. The fourth-order valence-electron chi connectivity index (χ4n) is 3.84. The van der Waals surface area contributed by atoms with Gasteiger partial charge in [-0.25, -0.2) is 0 Å². The molecule has 1 atom stereocenters. The molecule has 4 rings (SSSR count). The van der Waals surface area contributed by atoms with E-state index in [1.54, 1.807) is 36.4 Å². The summed E-state index contributed by atoms with van der Waals surface area (Å²) in [6.45, 7) is 1.47. The normalized spacial score (nSPS) is 15.8. The summed E-state index contributed by atoms with van der Waals surface area (Å²) < 4.78 is 18.3. The number of halogens is 1. The van der Waals surface area contributed by atoms with Gasteiger partial charge in [-0.05, 0) is 61.1 Å². The van der Waals surface area contributed by atoms with E-state index in [-0.39, 0.29) is 11.7 Å². The molecule has 0 aliphatic carbocycles. The molecule has 2 aromatic carbocycles. The Morgan fingerprint density at radius 3 is 2.53 bits per heavy atom. The number of nitrogens with zero attached hydrogens (tertiary/aromatic N) is 1. The summed E-state index contributed by atoms with van der Waals surface area (Å²) in [6, 6.07) is 20.9. The lowest BCUT2D eigenvalue weighted by atomic mass is 9.90. The summed E-state index contributed by atoms with van der Waals surface area (Å²) in [4.78, 5) is 15.3. The molecule has 1 aromatic heterocycles. The molecule has 1 amide bonds. The van der Waals surface area contributed by atoms with E-state index < -0.39 is 10.8 Å². The van der Waals surface area contributed by atoms with Crippen LogP contribution in [0.1, 0.15) is 34.7 Å². The Labute approximate surface area is 184 Å². The van der Waals surface area contributed by atoms with Crippen molar-refractivity contribution in [2.45, 2.75) is 29.9 Å². The molecule has 6 heteroatoms. The first-order valence-electron chi connectivity index (χ1n) is 10.1. The van der Waals surface area contributed by atoms with Crippen LogP contribution in [0.3, 0.4) is 0 Å². The van der Waals surface area contributed by atoms with Gasteiger partial charge < -0.3 is 9.32 Å². The van der Waals surface area contributed by atoms with Gasteiger partial charge in [-0.3, -0.25) is 9.00 Å². The van der Waals surface area contributed by atoms with Gasteiger partial charge in [0, 0.05) is 23.0 Å². The molecular weight excluding hydrogens is 418 g/mol. The number of carbonyl (C=O) groups excluding carboxylic acids is 1. The third-order valence-corrected chi connectivity index (χ3v) is 7.04. The van der Waals surface area contributed by atoms with Gasteiger partial charge in [0.1, 0.15) is 5.76 Å². The average molecular weight is 442 g/mol. The van der Waals surface area contributed by atoms with Gasteiger partial charge in [-0.15, -0.1) is 0 Å². The topological polar surface area (TPSA) is 50.5 Å². The quantitative estimate of drug-likeness (QED) is 0.519. The summed E-state index contributed by atoms with van der Waals surface area (Å²) >= 11 is 5.97. The average Bonchev–Trinajstić information content (AvgIpc) is 3.23. The van der Waals surface area contributed by atoms with Crippen molar-refractivity contribution in [3.05, 3.63) is 88.8 Å². The van der Waals surface area contributed by atoms with Gasteiger partial charge in [-0.1, -0.05) is 48.0 Å². The maximum atomic E-state index is 12.8. The van der Waals surface area contributed by atoms with Crippen LogP contribution in [0.4, 0.5) is 0 Å². The third kappa shape index (κ3) is 5.21. The molecule has 1 fully saturated rings. The van der Waals surface area contributed by atoms with Crippen molar-refractivity contribution in [1.29, 1.82) is 0 Å². The molecule has 4 nitrogen and oxygen atoms in total. The minimum absolute atomic E-state index is 0.0899. The molecule has 0 radical (unpaired) electrons. The van der Waals surface area contributed by atoms with Crippen LogP contribution in [0.2, 0.25) is 5.02 Å². The Morgan fingerprint density at radius 1 is 1.03 bits per heavy atom. The zero-order valence-electron chi connectivity index (χ0n) is 16.6. The molecule has 1 saturated heterocycles. The van der Waals surface area contributed by atoms with E-state index in [4.69, 9.17) is 16.0 Å². The summed E-state index contributed by atoms with van der Waals surface area (Å²) in [6.07, 6.45) is 3.04. The Hall–Kier alpha value is -2.37. The van der Waals surface area contributed by atoms with Crippen molar-refractivity contribution in [2.75, 3.05) is 13.1 Å². The van der Waals surface area contributed by atoms with E-state index in [9.17, 15) is 9.00 Å². The molecule has 0 spiro atoms. The van der Waals surface area contributed by atoms with Crippen LogP contribution in [-0.2, 0) is 23.0 Å². The van der Waals surface area contributed by atoms with Crippen molar-refractivity contribution in [3.8, 4) is 0 Å². The second kappa shape index (κ2) is 9.63. The van der Waals surface area contributed by atoms with E-state index in [0.29, 0.717) is 27.4 Å². The summed E-state index contributed by atoms with van der Waals surface area (Å²) in [5, 5.41) is 0.548. The number of carbonyl (C=O) groups is 1. The highest BCUT2D eigenvalue weighted by Crippen LogP contribution is 2.24. The number of hydrogen-bond acceptors (Lipinski definition) is 3. The predicted molar refractivity (Wildman–Crippen MR) is 119 cm³/mol. The number of rotatable bonds is 6. The molecule has 1 unspecified atom stereocenters. The summed E-state index contributed by atoms with van der Waals surface area (Å²) in [5.74, 6) is 1.58. The van der Waals surface area contributed by atoms with E-state index >= 15 is 0 Å². The first-order valence-corrected chi connectivity index (χ1v) is 11.8. The van der Waals surface area contributed by atoms with Crippen molar-refractivity contribution < 1.29 is 13.4 Å². The molecule has 1 aliphatic heterocycles. The Bertz CT molecular complexity index is 1030. The number of piperidine rings is 1. The van der Waals surface area contributed by atoms with Crippen molar-refractivity contribution in [2.24, 2.45) is 5.92 Å². The Morgan fingerprint density at radius 2 is 1.80 bits per heavy atom. The Kier molecular flexibility index (Phi) is 6.70. The molecule has 1 aliphatic rings. The molecule has 0 bridgehead atoms. The molecule has 156 valence electrons. The standard InChI is InChI=1S/C24H24ClNO3S/c25-20-7-4-8-22(16-20)30(28)17-21-9-10-23(29-21)24(27)26-13-11-19(12-14-26)15-18-5-2-1-3-6-18/h1-10,16,19H,11-15,17H2. The molecular formula is C24H24ClNO3S. The maximum Gasteiger partial charge on any atom is 0.289 e. The van der Waals surface area contributed by atoms with Crippen LogP contribution in [0.5, 0.6) is 0 Å². The lowest BCUT2D eigenvalue weighted by molar-refractivity contribution is 0.0657. The second-order valence-electron chi connectivity index (χ2n) is 7.64. The zero-order chi connectivity index (χ0) is 20.9. The molecule has 2 heterocycles. The first kappa shape index (κ1) is 20.9. The second-order valence-corrected chi connectivity index (χ2v) is 9.53. The lowest BCUT2D eigenvalue weighted by Gasteiger charge is -2.31. The summed E-state index contributed by atoms with van der Waals surface area (Å²) in [7, 11) is -1.28. The smallest absolute Gasteiger partial charge is 0.289 e. The molecule has 0 saturated carbocycles. The van der Waals surface area contributed by atoms with Crippen molar-refractivity contribution >= 4 is 28.3 Å². The van der Waals surface area contributed by atoms with Crippen molar-refractivity contribution in [3.63, 3.8) is 0 Å². The van der Waals surface area contributed by atoms with Gasteiger partial charge in [0.15, 0.2) is 5.76 Å². The highest BCUT2D eigenvalue weighted by Gasteiger charge is 2.25. The summed E-state index contributed by atoms with van der Waals surface area (Å²) in [5.41, 5.74) is 1.35. The van der Waals surface area contributed by atoms with Crippen LogP contribution in [0, 0.1) is 5.92 Å². The SMILES string of the molecule is O=C(c1ccc(CS(=O)c2cccc(Cl)c2)o1)N1CCC(Cc2ccccc2)CC1. The van der Waals surface area contributed by atoms with Crippen molar-refractivity contribution in [1.82, 2.24) is 4.90 Å². The van der Waals surface area contributed by atoms with Gasteiger partial charge in [-0.2, -0.15) is 0 Å². The number of likely N-dealkylation sites (tertiary alicyclic amines) is 1. The van der Waals surface area contributed by atoms with Crippen LogP contribution in [-0.4, -0.2) is 28.1 Å². The lowest BCUT2D eigenvalue weighted by Crippen LogP contribution is -2.38. The molecule has 30 heavy (non-hydrogen) atoms. The zero-order valence-corrected chi connectivity index (χ0v) is 18.2. The van der Waals surface area contributed by atoms with E-state index in [2.05, 4.69) is 24.3 Å². The van der Waals surface area contributed by atoms with Gasteiger partial charge >= 0.3 is 0 Å². The third-order valence-electron chi connectivity index (χ3n) is 5.47. The monoisotopic (exact) mass is 441 g/mol. The number of amides is 1. The van der Waals surface area contributed by atoms with Crippen LogP contribution >= 0.6 is 11.6 Å². The van der Waals surface area contributed by atoms with E-state index in [0.717, 1.165) is 32.4 Å². The number of hydrogen-bond donors (Lipinski definition) is 0. The number of benzene rings is 2. The number of furan rings is 1. The van der Waals surface area contributed by atoms with E-state index in [1.807, 2.05) is 11.0 Å². The maximum absolute atomic E-state index is 12.8. The van der Waals surface area contributed by atoms with Crippen LogP contribution < -0.4 is 0 Å². The fraction of sp³-hybridized carbons (Fsp3) is 0.292. The van der Waals surface area contributed by atoms with Gasteiger partial charge in [0.25, 0.3) is 5.91 Å². The Balaban J connectivity index is 1.31. The largest absolute Gasteiger partial charge is 0.455 e. The molecule has 0 N–H and O–H groups in total. The highest BCUT2D eigenvalue weighted by molar-refractivity contribution is 7.84. The molecule has 3 aromatic rings. The predicted octanol–water partition coefficient (Wildman–Crippen LogP) is 5.34. The van der Waals surface area contributed by atoms with E-state index in [1.165, 1.54) is 5.56 Å². The first-order chi connectivity index (χ1) is 14.6. The van der Waals surface area contributed by atoms with Gasteiger partial charge in [0.05, 0.1) is 16.6 Å². The van der Waals surface area contributed by atoms with Gasteiger partial charge in [0.2, 0.25) is 0 Å². The minimum Gasteiger partial charge on any atom is -0.455 e. The van der Waals surface area contributed by atoms with Crippen LogP contribution in [0.15, 0.2) is 76.0 Å².